The number of halogens is 1. The molecule has 0 aliphatic carbocycles. The topological polar surface area (TPSA) is 83.9 Å². The van der Waals surface area contributed by atoms with Crippen molar-refractivity contribution in [2.45, 2.75) is 24.0 Å². The minimum Gasteiger partial charge on any atom is -0.489 e. The third-order valence-electron chi connectivity index (χ3n) is 5.22. The molecule has 3 aromatic rings. The molecule has 1 aliphatic rings. The Labute approximate surface area is 179 Å². The Morgan fingerprint density at radius 2 is 1.71 bits per heavy atom. The third kappa shape index (κ3) is 4.30. The van der Waals surface area contributed by atoms with Crippen LogP contribution in [0.3, 0.4) is 0 Å². The van der Waals surface area contributed by atoms with Gasteiger partial charge in [-0.2, -0.15) is 4.31 Å². The molecule has 0 fully saturated rings. The number of carboxylic acids is 1. The standard InChI is InChI=1S/C23H20FNO5S/c24-18-7-5-16(6-8-18)15-30-19-9-11-20(12-10-19)31(28,29)25-14-13-17-3-1-2-4-21(17)22(25)23(26)27/h1-12,22H,13-15H2,(H,26,27). The quantitative estimate of drug-likeness (QED) is 0.630. The number of rotatable bonds is 6. The number of nitrogens with zero attached hydrogens (tertiary/aromatic N) is 1. The van der Waals surface area contributed by atoms with E-state index >= 15 is 0 Å². The van der Waals surface area contributed by atoms with E-state index in [0.29, 0.717) is 17.7 Å². The van der Waals surface area contributed by atoms with E-state index in [1.54, 1.807) is 24.3 Å². The van der Waals surface area contributed by atoms with E-state index in [-0.39, 0.29) is 23.9 Å². The van der Waals surface area contributed by atoms with Crippen molar-refractivity contribution in [2.75, 3.05) is 6.54 Å². The number of ether oxygens (including phenoxy) is 1. The summed E-state index contributed by atoms with van der Waals surface area (Å²) in [6.07, 6.45) is 0.443. The maximum absolute atomic E-state index is 13.2. The second-order valence-corrected chi connectivity index (χ2v) is 9.08. The minimum absolute atomic E-state index is 0.00716. The van der Waals surface area contributed by atoms with Crippen molar-refractivity contribution >= 4 is 16.0 Å². The highest BCUT2D eigenvalue weighted by Crippen LogP contribution is 2.34. The minimum atomic E-state index is -4.03. The molecular weight excluding hydrogens is 421 g/mol. The summed E-state index contributed by atoms with van der Waals surface area (Å²) >= 11 is 0. The molecular formula is C23H20FNO5S. The van der Waals surface area contributed by atoms with E-state index in [9.17, 15) is 22.7 Å². The molecule has 6 nitrogen and oxygen atoms in total. The van der Waals surface area contributed by atoms with Gasteiger partial charge in [0.25, 0.3) is 0 Å². The Kier molecular flexibility index (Phi) is 5.75. The van der Waals surface area contributed by atoms with Gasteiger partial charge in [0.15, 0.2) is 0 Å². The average molecular weight is 441 g/mol. The van der Waals surface area contributed by atoms with Gasteiger partial charge in [0, 0.05) is 6.54 Å². The highest BCUT2D eigenvalue weighted by atomic mass is 32.2. The first-order chi connectivity index (χ1) is 14.9. The molecule has 0 amide bonds. The molecule has 1 atom stereocenters. The number of fused-ring (bicyclic) bond motifs is 1. The Morgan fingerprint density at radius 1 is 1.03 bits per heavy atom. The molecule has 0 radical (unpaired) electrons. The zero-order valence-electron chi connectivity index (χ0n) is 16.4. The predicted molar refractivity (Wildman–Crippen MR) is 112 cm³/mol. The first-order valence-corrected chi connectivity index (χ1v) is 11.1. The Bertz CT molecular complexity index is 1190. The number of carbonyl (C=O) groups is 1. The van der Waals surface area contributed by atoms with Gasteiger partial charge in [0.05, 0.1) is 4.90 Å². The van der Waals surface area contributed by atoms with E-state index < -0.39 is 22.0 Å². The van der Waals surface area contributed by atoms with E-state index in [2.05, 4.69) is 0 Å². The molecule has 1 unspecified atom stereocenters. The largest absolute Gasteiger partial charge is 0.489 e. The molecule has 3 aromatic carbocycles. The fraction of sp³-hybridized carbons (Fsp3) is 0.174. The van der Waals surface area contributed by atoms with Crippen LogP contribution in [-0.4, -0.2) is 30.3 Å². The monoisotopic (exact) mass is 441 g/mol. The number of sulfonamides is 1. The second kappa shape index (κ2) is 8.49. The molecule has 4 rings (SSSR count). The maximum atomic E-state index is 13.2. The lowest BCUT2D eigenvalue weighted by Crippen LogP contribution is -2.43. The molecule has 0 saturated carbocycles. The maximum Gasteiger partial charge on any atom is 0.326 e. The summed E-state index contributed by atoms with van der Waals surface area (Å²) in [5.74, 6) is -1.10. The molecule has 0 aromatic heterocycles. The molecule has 0 bridgehead atoms. The summed E-state index contributed by atoms with van der Waals surface area (Å²) in [5, 5.41) is 9.76. The molecule has 31 heavy (non-hydrogen) atoms. The van der Waals surface area contributed by atoms with E-state index in [1.165, 1.54) is 36.4 Å². The van der Waals surface area contributed by atoms with Crippen LogP contribution in [0, 0.1) is 5.82 Å². The van der Waals surface area contributed by atoms with Crippen molar-refractivity contribution in [3.8, 4) is 5.75 Å². The van der Waals surface area contributed by atoms with Crippen molar-refractivity contribution in [2.24, 2.45) is 0 Å². The van der Waals surface area contributed by atoms with Crippen LogP contribution < -0.4 is 4.74 Å². The summed E-state index contributed by atoms with van der Waals surface area (Å²) in [4.78, 5) is 11.9. The van der Waals surface area contributed by atoms with Gasteiger partial charge >= 0.3 is 5.97 Å². The van der Waals surface area contributed by atoms with Gasteiger partial charge in [-0.1, -0.05) is 36.4 Å². The number of hydrogen-bond donors (Lipinski definition) is 1. The number of carboxylic acid groups (broad SMARTS) is 1. The molecule has 0 spiro atoms. The summed E-state index contributed by atoms with van der Waals surface area (Å²) in [7, 11) is -4.03. The third-order valence-corrected chi connectivity index (χ3v) is 7.10. The summed E-state index contributed by atoms with van der Waals surface area (Å²) in [6.45, 7) is 0.287. The summed E-state index contributed by atoms with van der Waals surface area (Å²) in [6, 6.07) is 17.4. The molecule has 8 heteroatoms. The number of hydrogen-bond acceptors (Lipinski definition) is 4. The van der Waals surface area contributed by atoms with Crippen molar-refractivity contribution in [3.63, 3.8) is 0 Å². The lowest BCUT2D eigenvalue weighted by Gasteiger charge is -2.33. The van der Waals surface area contributed by atoms with E-state index in [1.807, 2.05) is 12.1 Å². The zero-order valence-corrected chi connectivity index (χ0v) is 17.3. The van der Waals surface area contributed by atoms with Crippen LogP contribution in [-0.2, 0) is 27.8 Å². The van der Waals surface area contributed by atoms with Crippen LogP contribution in [0.1, 0.15) is 22.7 Å². The van der Waals surface area contributed by atoms with Gasteiger partial charge in [-0.05, 0) is 59.5 Å². The average Bonchev–Trinajstić information content (AvgIpc) is 2.78. The lowest BCUT2D eigenvalue weighted by atomic mass is 9.94. The number of aliphatic carboxylic acids is 1. The first-order valence-electron chi connectivity index (χ1n) is 9.66. The highest BCUT2D eigenvalue weighted by Gasteiger charge is 2.40. The van der Waals surface area contributed by atoms with Crippen LogP contribution in [0.15, 0.2) is 77.7 Å². The Hall–Kier alpha value is -3.23. The SMILES string of the molecule is O=C(O)C1c2ccccc2CCN1S(=O)(=O)c1ccc(OCc2ccc(F)cc2)cc1. The van der Waals surface area contributed by atoms with Crippen molar-refractivity contribution in [1.82, 2.24) is 4.31 Å². The lowest BCUT2D eigenvalue weighted by molar-refractivity contribution is -0.142. The van der Waals surface area contributed by atoms with E-state index in [4.69, 9.17) is 4.74 Å². The van der Waals surface area contributed by atoms with Gasteiger partial charge in [-0.25, -0.2) is 12.8 Å². The zero-order chi connectivity index (χ0) is 22.0. The normalized spacial score (nSPS) is 16.5. The first kappa shape index (κ1) is 21.0. The highest BCUT2D eigenvalue weighted by molar-refractivity contribution is 7.89. The Balaban J connectivity index is 1.54. The van der Waals surface area contributed by atoms with Crippen molar-refractivity contribution in [3.05, 3.63) is 95.3 Å². The van der Waals surface area contributed by atoms with Crippen LogP contribution in [0.5, 0.6) is 5.75 Å². The molecule has 1 aliphatic heterocycles. The summed E-state index contributed by atoms with van der Waals surface area (Å²) in [5.41, 5.74) is 2.10. The fourth-order valence-electron chi connectivity index (χ4n) is 3.65. The van der Waals surface area contributed by atoms with Crippen molar-refractivity contribution < 1.29 is 27.4 Å². The smallest absolute Gasteiger partial charge is 0.326 e. The van der Waals surface area contributed by atoms with Crippen LogP contribution in [0.25, 0.3) is 0 Å². The Morgan fingerprint density at radius 3 is 2.39 bits per heavy atom. The van der Waals surface area contributed by atoms with Crippen molar-refractivity contribution in [1.29, 1.82) is 0 Å². The molecule has 0 saturated heterocycles. The molecule has 160 valence electrons. The van der Waals surface area contributed by atoms with Gasteiger partial charge in [0.1, 0.15) is 24.2 Å². The van der Waals surface area contributed by atoms with Gasteiger partial charge in [0.2, 0.25) is 10.0 Å². The predicted octanol–water partition coefficient (Wildman–Crippen LogP) is 3.78. The van der Waals surface area contributed by atoms with E-state index in [0.717, 1.165) is 15.4 Å². The second-order valence-electron chi connectivity index (χ2n) is 7.19. The van der Waals surface area contributed by atoms with Crippen LogP contribution >= 0.6 is 0 Å². The van der Waals surface area contributed by atoms with Gasteiger partial charge in [-0.3, -0.25) is 4.79 Å². The molecule has 1 N–H and O–H groups in total. The molecule has 1 heterocycles. The van der Waals surface area contributed by atoms with Gasteiger partial charge < -0.3 is 9.84 Å². The van der Waals surface area contributed by atoms with Gasteiger partial charge in [-0.15, -0.1) is 0 Å². The van der Waals surface area contributed by atoms with Crippen LogP contribution in [0.4, 0.5) is 4.39 Å². The fourth-order valence-corrected chi connectivity index (χ4v) is 5.21. The number of benzene rings is 3. The van der Waals surface area contributed by atoms with Crippen LogP contribution in [0.2, 0.25) is 0 Å². The summed E-state index contributed by atoms with van der Waals surface area (Å²) < 4.78 is 46.1.